The molecule has 40 heavy (non-hydrogen) atoms. The number of nitrogens with one attached hydrogen (secondary N) is 2. The van der Waals surface area contributed by atoms with E-state index in [9.17, 15) is 28.7 Å². The Kier molecular flexibility index (Phi) is 7.82. The lowest BCUT2D eigenvalue weighted by Crippen LogP contribution is -2.53. The van der Waals surface area contributed by atoms with E-state index >= 15 is 0 Å². The van der Waals surface area contributed by atoms with Crippen molar-refractivity contribution in [3.05, 3.63) is 63.3 Å². The molecule has 0 spiro atoms. The van der Waals surface area contributed by atoms with Gasteiger partial charge in [0.05, 0.1) is 11.2 Å². The Morgan fingerprint density at radius 3 is 2.58 bits per heavy atom. The van der Waals surface area contributed by atoms with E-state index in [4.69, 9.17) is 11.6 Å². The number of fused-ring (bicyclic) bond motifs is 2. The fourth-order valence-corrected chi connectivity index (χ4v) is 5.17. The quantitative estimate of drug-likeness (QED) is 0.187. The maximum Gasteiger partial charge on any atom is 0.311 e. The van der Waals surface area contributed by atoms with Crippen molar-refractivity contribution in [1.82, 2.24) is 25.1 Å². The summed E-state index contributed by atoms with van der Waals surface area (Å²) in [5.74, 6) is 2.38. The molecule has 3 heterocycles. The van der Waals surface area contributed by atoms with Gasteiger partial charge in [-0.05, 0) is 56.2 Å². The summed E-state index contributed by atoms with van der Waals surface area (Å²) < 4.78 is 15.3. The number of allylic oxidation sites excluding steroid dienone is 1. The summed E-state index contributed by atoms with van der Waals surface area (Å²) in [5, 5.41) is 17.2. The number of benzene rings is 1. The number of likely N-dealkylation sites (N-methyl/N-ethyl adjacent to an activating group) is 1. The number of hydrogen-bond donors (Lipinski definition) is 5. The van der Waals surface area contributed by atoms with Crippen LogP contribution in [-0.2, 0) is 28.2 Å². The van der Waals surface area contributed by atoms with E-state index in [1.54, 1.807) is 6.92 Å². The van der Waals surface area contributed by atoms with Crippen LogP contribution < -0.4 is 32.8 Å². The lowest BCUT2D eigenvalue weighted by molar-refractivity contribution is -0.145. The first-order valence-electron chi connectivity index (χ1n) is 12.8. The van der Waals surface area contributed by atoms with Gasteiger partial charge in [0.15, 0.2) is 5.69 Å². The molecule has 2 aliphatic heterocycles. The number of carbonyl (C=O) groups excluding carboxylic acids is 3. The second-order valence-electron chi connectivity index (χ2n) is 10.4. The zero-order chi connectivity index (χ0) is 29.4. The molecule has 1 fully saturated rings. The van der Waals surface area contributed by atoms with Crippen molar-refractivity contribution in [3.8, 4) is 5.75 Å². The van der Waals surface area contributed by atoms with Crippen molar-refractivity contribution in [2.75, 3.05) is 19.1 Å². The molecule has 2 aromatic rings. The number of nitrogens with two attached hydrogens (primary N) is 2. The Morgan fingerprint density at radius 1 is 1.27 bits per heavy atom. The minimum atomic E-state index is -1.17. The van der Waals surface area contributed by atoms with Crippen molar-refractivity contribution in [1.29, 1.82) is 0 Å². The van der Waals surface area contributed by atoms with Crippen LogP contribution in [0.25, 0.3) is 0 Å². The monoisotopic (exact) mass is 556 g/mol. The summed E-state index contributed by atoms with van der Waals surface area (Å²) in [5.41, 5.74) is 4.10. The molecule has 214 valence electrons. The van der Waals surface area contributed by atoms with Gasteiger partial charge < -0.3 is 26.4 Å². The van der Waals surface area contributed by atoms with Crippen molar-refractivity contribution >= 4 is 23.4 Å². The highest BCUT2D eigenvalue weighted by molar-refractivity contribution is 6.35. The Labute approximate surface area is 229 Å². The van der Waals surface area contributed by atoms with Crippen LogP contribution in [-0.4, -0.2) is 51.4 Å². The lowest BCUT2D eigenvalue weighted by atomic mass is 9.77. The summed E-state index contributed by atoms with van der Waals surface area (Å²) in [4.78, 5) is 57.2. The average Bonchev–Trinajstić information content (AvgIpc) is 3.18. The molecule has 0 saturated heterocycles. The fraction of sp³-hybridized carbons (Fsp3) is 0.423. The SMILES string of the molecule is C/C(=C/N)N(N)c1cc(F)ccc1CNC(=O)c1nc2n(c(=O)c1O)CC1CCC2(NC(=O)C(=O)N(C)C)CC1. The van der Waals surface area contributed by atoms with Crippen molar-refractivity contribution in [2.24, 2.45) is 17.5 Å². The molecule has 3 amide bonds. The van der Waals surface area contributed by atoms with Crippen LogP contribution in [0.1, 0.15) is 54.5 Å². The predicted molar refractivity (Wildman–Crippen MR) is 143 cm³/mol. The van der Waals surface area contributed by atoms with Crippen molar-refractivity contribution in [2.45, 2.75) is 51.2 Å². The van der Waals surface area contributed by atoms with Crippen LogP contribution in [0.2, 0.25) is 0 Å². The topological polar surface area (TPSA) is 189 Å². The van der Waals surface area contributed by atoms with Gasteiger partial charge in [-0.1, -0.05) is 6.07 Å². The van der Waals surface area contributed by atoms with Gasteiger partial charge in [-0.3, -0.25) is 28.8 Å². The average molecular weight is 557 g/mol. The number of carbonyl (C=O) groups is 3. The minimum absolute atomic E-state index is 0.108. The van der Waals surface area contributed by atoms with Gasteiger partial charge >= 0.3 is 11.8 Å². The molecule has 14 heteroatoms. The van der Waals surface area contributed by atoms with E-state index in [0.29, 0.717) is 36.9 Å². The highest BCUT2D eigenvalue weighted by Crippen LogP contribution is 2.43. The summed E-state index contributed by atoms with van der Waals surface area (Å²) in [6.45, 7) is 1.72. The van der Waals surface area contributed by atoms with Crippen molar-refractivity contribution < 1.29 is 23.9 Å². The van der Waals surface area contributed by atoms with E-state index in [1.165, 1.54) is 43.1 Å². The van der Waals surface area contributed by atoms with Crippen LogP contribution in [0, 0.1) is 11.7 Å². The molecule has 13 nitrogen and oxygen atoms in total. The molecule has 1 saturated carbocycles. The van der Waals surface area contributed by atoms with Crippen LogP contribution in [0.5, 0.6) is 5.75 Å². The third-order valence-corrected chi connectivity index (χ3v) is 7.51. The van der Waals surface area contributed by atoms with Crippen molar-refractivity contribution in [3.63, 3.8) is 0 Å². The van der Waals surface area contributed by atoms with Gasteiger partial charge in [0.2, 0.25) is 5.75 Å². The second-order valence-corrected chi connectivity index (χ2v) is 10.4. The summed E-state index contributed by atoms with van der Waals surface area (Å²) in [6.07, 6.45) is 3.36. The largest absolute Gasteiger partial charge is 0.501 e. The number of nitrogens with zero attached hydrogens (tertiary/aromatic N) is 4. The third-order valence-electron chi connectivity index (χ3n) is 7.51. The number of rotatable bonds is 6. The van der Waals surface area contributed by atoms with E-state index < -0.39 is 46.1 Å². The van der Waals surface area contributed by atoms with E-state index in [0.717, 1.165) is 9.91 Å². The highest BCUT2D eigenvalue weighted by atomic mass is 19.1. The van der Waals surface area contributed by atoms with Crippen LogP contribution in [0.4, 0.5) is 10.1 Å². The molecule has 5 rings (SSSR count). The smallest absolute Gasteiger partial charge is 0.311 e. The van der Waals surface area contributed by atoms with Gasteiger partial charge in [-0.25, -0.2) is 15.2 Å². The van der Waals surface area contributed by atoms with Gasteiger partial charge in [0.25, 0.3) is 11.5 Å². The molecular formula is C26H33FN8O5. The first kappa shape index (κ1) is 28.5. The third kappa shape index (κ3) is 5.21. The number of halogens is 1. The van der Waals surface area contributed by atoms with Gasteiger partial charge in [0.1, 0.15) is 11.6 Å². The maximum absolute atomic E-state index is 14.0. The number of aromatic nitrogens is 2. The molecule has 0 atom stereocenters. The summed E-state index contributed by atoms with van der Waals surface area (Å²) in [7, 11) is 2.90. The Hall–Kier alpha value is -4.46. The van der Waals surface area contributed by atoms with Gasteiger partial charge in [-0.2, -0.15) is 0 Å². The molecular weight excluding hydrogens is 523 g/mol. The molecule has 2 bridgehead atoms. The molecule has 0 unspecified atom stereocenters. The molecule has 1 aliphatic carbocycles. The Bertz CT molecular complexity index is 1450. The van der Waals surface area contributed by atoms with Crippen LogP contribution in [0.3, 0.4) is 0 Å². The number of anilines is 1. The standard InChI is InChI=1S/C26H33FN8O5/c1-14(11-28)35(29)18-10-17(27)5-4-16(18)12-30-21(37)19-20(36)23(39)34-13-15-6-8-26(9-7-15,25(34)31-19)32-22(38)24(40)33(2)3/h4-5,10-11,15,36H,6-9,12-13,28-29H2,1-3H3,(H,30,37)(H,32,38)/b14-11-. The molecule has 1 aromatic heterocycles. The first-order chi connectivity index (χ1) is 18.9. The van der Waals surface area contributed by atoms with Crippen LogP contribution >= 0.6 is 0 Å². The normalized spacial score (nSPS) is 19.8. The molecule has 3 aliphatic rings. The number of amides is 3. The molecule has 1 aromatic carbocycles. The highest BCUT2D eigenvalue weighted by Gasteiger charge is 2.46. The second kappa shape index (κ2) is 11.0. The van der Waals surface area contributed by atoms with Gasteiger partial charge in [0, 0.05) is 39.1 Å². The molecule has 0 radical (unpaired) electrons. The number of hydrogen-bond acceptors (Lipinski definition) is 9. The lowest BCUT2D eigenvalue weighted by Gasteiger charge is -2.37. The Balaban J connectivity index is 1.69. The summed E-state index contributed by atoms with van der Waals surface area (Å²) in [6, 6.07) is 3.80. The Morgan fingerprint density at radius 2 is 1.95 bits per heavy atom. The van der Waals surface area contributed by atoms with E-state index in [1.807, 2.05) is 0 Å². The zero-order valence-corrected chi connectivity index (χ0v) is 22.5. The van der Waals surface area contributed by atoms with Gasteiger partial charge in [-0.15, -0.1) is 0 Å². The zero-order valence-electron chi connectivity index (χ0n) is 22.5. The number of hydrazine groups is 1. The number of aromatic hydroxyl groups is 1. The first-order valence-corrected chi connectivity index (χ1v) is 12.8. The minimum Gasteiger partial charge on any atom is -0.501 e. The predicted octanol–water partition coefficient (Wildman–Crippen LogP) is 0.122. The van der Waals surface area contributed by atoms with Crippen LogP contribution in [0.15, 0.2) is 34.9 Å². The van der Waals surface area contributed by atoms with E-state index in [-0.39, 0.29) is 30.5 Å². The maximum atomic E-state index is 14.0. The molecule has 7 N–H and O–H groups in total. The van der Waals surface area contributed by atoms with E-state index in [2.05, 4.69) is 15.6 Å². The summed E-state index contributed by atoms with van der Waals surface area (Å²) >= 11 is 0. The fourth-order valence-electron chi connectivity index (χ4n) is 5.17.